The molecule has 2 aromatic rings. The average Bonchev–Trinajstić information content (AvgIpc) is 3.28. The van der Waals surface area contributed by atoms with Crippen molar-refractivity contribution in [2.45, 2.75) is 25.8 Å². The van der Waals surface area contributed by atoms with Crippen LogP contribution in [-0.4, -0.2) is 39.6 Å². The van der Waals surface area contributed by atoms with Crippen LogP contribution in [0.3, 0.4) is 0 Å². The number of aromatic nitrogens is 1. The van der Waals surface area contributed by atoms with Crippen LogP contribution in [0.2, 0.25) is 0 Å². The van der Waals surface area contributed by atoms with Crippen LogP contribution < -0.4 is 0 Å². The summed E-state index contributed by atoms with van der Waals surface area (Å²) in [6.07, 6.45) is 1.81. The van der Waals surface area contributed by atoms with Gasteiger partial charge in [-0.25, -0.2) is 0 Å². The fraction of sp³-hybridized carbons (Fsp3) is 0.353. The Morgan fingerprint density at radius 1 is 1.35 bits per heavy atom. The second-order valence-electron chi connectivity index (χ2n) is 5.87. The van der Waals surface area contributed by atoms with Crippen molar-refractivity contribution >= 4 is 11.9 Å². The number of carboxylic acids is 1. The Balaban J connectivity index is 1.78. The molecule has 23 heavy (non-hydrogen) atoms. The largest absolute Gasteiger partial charge is 0.481 e. The summed E-state index contributed by atoms with van der Waals surface area (Å²) in [6, 6.07) is 11.1. The van der Waals surface area contributed by atoms with Crippen LogP contribution in [0, 0.1) is 5.92 Å². The number of hydrogen-bond acceptors (Lipinski definition) is 4. The predicted molar refractivity (Wildman–Crippen MR) is 82.8 cm³/mol. The molecule has 0 radical (unpaired) electrons. The molecule has 1 N–H and O–H groups in total. The molecule has 0 saturated heterocycles. The van der Waals surface area contributed by atoms with Crippen molar-refractivity contribution in [2.75, 3.05) is 6.54 Å². The van der Waals surface area contributed by atoms with Gasteiger partial charge in [-0.05, 0) is 12.8 Å². The number of aliphatic carboxylic acids is 1. The first kappa shape index (κ1) is 15.3. The molecule has 1 saturated carbocycles. The number of carbonyl (C=O) groups is 2. The molecule has 0 aliphatic heterocycles. The monoisotopic (exact) mass is 314 g/mol. The Morgan fingerprint density at radius 3 is 2.65 bits per heavy atom. The van der Waals surface area contributed by atoms with E-state index in [0.29, 0.717) is 5.76 Å². The topological polar surface area (TPSA) is 83.6 Å². The number of amides is 1. The highest BCUT2D eigenvalue weighted by Gasteiger charge is 2.36. The van der Waals surface area contributed by atoms with E-state index >= 15 is 0 Å². The van der Waals surface area contributed by atoms with Gasteiger partial charge in [0.25, 0.3) is 5.91 Å². The summed E-state index contributed by atoms with van der Waals surface area (Å²) < 4.78 is 5.26. The van der Waals surface area contributed by atoms with Gasteiger partial charge in [-0.1, -0.05) is 42.4 Å². The van der Waals surface area contributed by atoms with Crippen molar-refractivity contribution in [3.8, 4) is 11.3 Å². The van der Waals surface area contributed by atoms with E-state index in [1.807, 2.05) is 30.3 Å². The lowest BCUT2D eigenvalue weighted by atomic mass is 10.1. The van der Waals surface area contributed by atoms with Crippen LogP contribution in [0.15, 0.2) is 40.9 Å². The van der Waals surface area contributed by atoms with Crippen LogP contribution in [0.4, 0.5) is 0 Å². The van der Waals surface area contributed by atoms with Gasteiger partial charge < -0.3 is 14.5 Å². The van der Waals surface area contributed by atoms with Crippen molar-refractivity contribution in [3.05, 3.63) is 42.1 Å². The minimum atomic E-state index is -0.909. The van der Waals surface area contributed by atoms with Gasteiger partial charge in [0.1, 0.15) is 0 Å². The number of carboxylic acid groups (broad SMARTS) is 1. The Hall–Kier alpha value is -2.63. The molecule has 1 aromatic carbocycles. The summed E-state index contributed by atoms with van der Waals surface area (Å²) in [4.78, 5) is 25.3. The third-order valence-electron chi connectivity index (χ3n) is 3.93. The highest BCUT2D eigenvalue weighted by molar-refractivity contribution is 5.93. The summed E-state index contributed by atoms with van der Waals surface area (Å²) >= 11 is 0. The third kappa shape index (κ3) is 3.41. The second-order valence-corrected chi connectivity index (χ2v) is 5.87. The average molecular weight is 314 g/mol. The second kappa shape index (κ2) is 6.24. The molecule has 6 nitrogen and oxygen atoms in total. The summed E-state index contributed by atoms with van der Waals surface area (Å²) in [6.45, 7) is 1.79. The zero-order valence-electron chi connectivity index (χ0n) is 12.8. The molecular weight excluding hydrogens is 296 g/mol. The van der Waals surface area contributed by atoms with E-state index in [-0.39, 0.29) is 24.2 Å². The molecule has 1 unspecified atom stereocenters. The molecule has 0 spiro atoms. The van der Waals surface area contributed by atoms with E-state index in [9.17, 15) is 9.59 Å². The fourth-order valence-electron chi connectivity index (χ4n) is 2.42. The number of carbonyl (C=O) groups excluding carboxylic acids is 1. The van der Waals surface area contributed by atoms with Gasteiger partial charge in [0.05, 0.1) is 5.92 Å². The summed E-state index contributed by atoms with van der Waals surface area (Å²) in [5, 5.41) is 12.9. The molecule has 1 aromatic heterocycles. The van der Waals surface area contributed by atoms with E-state index in [1.54, 1.807) is 17.9 Å². The number of hydrogen-bond donors (Lipinski definition) is 1. The molecule has 3 rings (SSSR count). The lowest BCUT2D eigenvalue weighted by Gasteiger charge is -2.23. The van der Waals surface area contributed by atoms with Crippen LogP contribution in [0.5, 0.6) is 0 Å². The highest BCUT2D eigenvalue weighted by Crippen LogP contribution is 2.30. The van der Waals surface area contributed by atoms with Crippen molar-refractivity contribution in [1.82, 2.24) is 10.1 Å². The maximum Gasteiger partial charge on any atom is 0.308 e. The number of nitrogens with zero attached hydrogens (tertiary/aromatic N) is 2. The van der Waals surface area contributed by atoms with Crippen molar-refractivity contribution in [1.29, 1.82) is 0 Å². The zero-order valence-corrected chi connectivity index (χ0v) is 12.8. The van der Waals surface area contributed by atoms with Gasteiger partial charge >= 0.3 is 5.97 Å². The van der Waals surface area contributed by atoms with Crippen LogP contribution >= 0.6 is 0 Å². The molecule has 1 heterocycles. The normalized spacial score (nSPS) is 15.2. The lowest BCUT2D eigenvalue weighted by molar-refractivity contribution is -0.141. The SMILES string of the molecule is CC(CN(C(=O)c1cc(-c2ccccc2)on1)C1CC1)C(=O)O. The molecule has 6 heteroatoms. The van der Waals surface area contributed by atoms with Gasteiger partial charge in [0.15, 0.2) is 11.5 Å². The van der Waals surface area contributed by atoms with E-state index in [1.165, 1.54) is 0 Å². The molecule has 120 valence electrons. The third-order valence-corrected chi connectivity index (χ3v) is 3.93. The van der Waals surface area contributed by atoms with E-state index in [0.717, 1.165) is 18.4 Å². The Kier molecular flexibility index (Phi) is 4.14. The van der Waals surface area contributed by atoms with Crippen LogP contribution in [0.25, 0.3) is 11.3 Å². The van der Waals surface area contributed by atoms with E-state index in [2.05, 4.69) is 5.16 Å². The Bertz CT molecular complexity index is 706. The molecule has 1 fully saturated rings. The maximum absolute atomic E-state index is 12.6. The molecule has 0 bridgehead atoms. The quantitative estimate of drug-likeness (QED) is 0.886. The van der Waals surface area contributed by atoms with Crippen molar-refractivity contribution in [3.63, 3.8) is 0 Å². The van der Waals surface area contributed by atoms with Gasteiger partial charge in [-0.3, -0.25) is 9.59 Å². The van der Waals surface area contributed by atoms with Gasteiger partial charge in [-0.2, -0.15) is 0 Å². The fourth-order valence-corrected chi connectivity index (χ4v) is 2.42. The Morgan fingerprint density at radius 2 is 2.04 bits per heavy atom. The van der Waals surface area contributed by atoms with E-state index < -0.39 is 11.9 Å². The van der Waals surface area contributed by atoms with Crippen LogP contribution in [0.1, 0.15) is 30.3 Å². The number of rotatable bonds is 6. The highest BCUT2D eigenvalue weighted by atomic mass is 16.5. The van der Waals surface area contributed by atoms with Gasteiger partial charge in [-0.15, -0.1) is 0 Å². The maximum atomic E-state index is 12.6. The number of benzene rings is 1. The van der Waals surface area contributed by atoms with Gasteiger partial charge in [0, 0.05) is 24.2 Å². The first-order chi connectivity index (χ1) is 11.1. The summed E-state index contributed by atoms with van der Waals surface area (Å²) in [5.74, 6) is -1.27. The van der Waals surface area contributed by atoms with Crippen molar-refractivity contribution < 1.29 is 19.2 Å². The standard InChI is InChI=1S/C17H18N2O4/c1-11(17(21)22)10-19(13-7-8-13)16(20)14-9-15(23-18-14)12-5-3-2-4-6-12/h2-6,9,11,13H,7-8,10H2,1H3,(H,21,22). The first-order valence-electron chi connectivity index (χ1n) is 7.62. The molecular formula is C17H18N2O4. The molecule has 1 atom stereocenters. The minimum absolute atomic E-state index is 0.112. The van der Waals surface area contributed by atoms with Crippen LogP contribution in [-0.2, 0) is 4.79 Å². The zero-order chi connectivity index (χ0) is 16.4. The minimum Gasteiger partial charge on any atom is -0.481 e. The first-order valence-corrected chi connectivity index (χ1v) is 7.62. The van der Waals surface area contributed by atoms with Crippen molar-refractivity contribution in [2.24, 2.45) is 5.92 Å². The molecule has 1 amide bonds. The molecule has 1 aliphatic carbocycles. The summed E-state index contributed by atoms with van der Waals surface area (Å²) in [5.41, 5.74) is 1.06. The molecule has 1 aliphatic rings. The lowest BCUT2D eigenvalue weighted by Crippen LogP contribution is -2.38. The van der Waals surface area contributed by atoms with Gasteiger partial charge in [0.2, 0.25) is 0 Å². The smallest absolute Gasteiger partial charge is 0.308 e. The predicted octanol–water partition coefficient (Wildman–Crippen LogP) is 2.67. The Labute approximate surface area is 133 Å². The van der Waals surface area contributed by atoms with E-state index in [4.69, 9.17) is 9.63 Å². The summed E-state index contributed by atoms with van der Waals surface area (Å²) in [7, 11) is 0.